The fraction of sp³-hybridized carbons (Fsp3) is 0.619. The molecule has 1 amide bonds. The highest BCUT2D eigenvalue weighted by atomic mass is 32.2. The van der Waals surface area contributed by atoms with Crippen molar-refractivity contribution in [3.8, 4) is 0 Å². The van der Waals surface area contributed by atoms with Crippen LogP contribution in [0.15, 0.2) is 5.16 Å². The maximum absolute atomic E-state index is 12.7. The lowest BCUT2D eigenvalue weighted by Crippen LogP contribution is -2.19. The van der Waals surface area contributed by atoms with E-state index in [1.807, 2.05) is 0 Å². The number of hydrogen-bond acceptors (Lipinski definition) is 8. The molecule has 31 heavy (non-hydrogen) atoms. The van der Waals surface area contributed by atoms with Crippen LogP contribution in [-0.4, -0.2) is 52.2 Å². The number of anilines is 1. The molecule has 1 atom stereocenters. The van der Waals surface area contributed by atoms with Gasteiger partial charge in [-0.3, -0.25) is 4.79 Å². The number of fused-ring (bicyclic) bond motifs is 1. The molecule has 0 aromatic carbocycles. The van der Waals surface area contributed by atoms with Gasteiger partial charge in [-0.2, -0.15) is 0 Å². The number of esters is 1. The van der Waals surface area contributed by atoms with E-state index in [1.54, 1.807) is 0 Å². The molecule has 0 bridgehead atoms. The van der Waals surface area contributed by atoms with Crippen LogP contribution in [0.5, 0.6) is 0 Å². The highest BCUT2D eigenvalue weighted by Gasteiger charge is 2.28. The Balaban J connectivity index is 1.44. The van der Waals surface area contributed by atoms with Gasteiger partial charge in [0.2, 0.25) is 5.91 Å². The summed E-state index contributed by atoms with van der Waals surface area (Å²) in [5, 5.41) is 12.9. The third kappa shape index (κ3) is 4.80. The van der Waals surface area contributed by atoms with Gasteiger partial charge in [0.1, 0.15) is 10.8 Å². The van der Waals surface area contributed by atoms with Crippen LogP contribution in [0.25, 0.3) is 0 Å². The summed E-state index contributed by atoms with van der Waals surface area (Å²) in [4.78, 5) is 26.2. The number of aryl methyl sites for hydroxylation is 1. The number of carbonyl (C=O) groups excluding carboxylic acids is 2. The topological polar surface area (TPSA) is 95.3 Å². The van der Waals surface area contributed by atoms with E-state index in [9.17, 15) is 9.59 Å². The first kappa shape index (κ1) is 22.3. The summed E-state index contributed by atoms with van der Waals surface area (Å²) in [5.41, 5.74) is 1.54. The molecule has 10 heteroatoms. The molecule has 0 saturated carbocycles. The molecule has 1 N–H and O–H groups in total. The van der Waals surface area contributed by atoms with Crippen molar-refractivity contribution in [2.75, 3.05) is 24.8 Å². The average Bonchev–Trinajstić information content (AvgIpc) is 3.51. The third-order valence-corrected chi connectivity index (χ3v) is 7.74. The Labute approximate surface area is 190 Å². The lowest BCUT2D eigenvalue weighted by molar-refractivity contribution is -0.113. The SMILES string of the molecule is COC(=O)c1c(NC(=O)CSc2nnc(C(C)C)n2CC2CCCO2)sc2c1CCC2. The predicted molar refractivity (Wildman–Crippen MR) is 120 cm³/mol. The van der Waals surface area contributed by atoms with Crippen LogP contribution >= 0.6 is 23.1 Å². The lowest BCUT2D eigenvalue weighted by atomic mass is 10.1. The Kier molecular flexibility index (Phi) is 6.98. The smallest absolute Gasteiger partial charge is 0.341 e. The largest absolute Gasteiger partial charge is 0.465 e. The van der Waals surface area contributed by atoms with Crippen LogP contribution in [0.1, 0.15) is 65.7 Å². The Bertz CT molecular complexity index is 963. The van der Waals surface area contributed by atoms with Gasteiger partial charge < -0.3 is 19.4 Å². The monoisotopic (exact) mass is 464 g/mol. The van der Waals surface area contributed by atoms with E-state index in [0.717, 1.165) is 55.3 Å². The first-order chi connectivity index (χ1) is 15.0. The summed E-state index contributed by atoms with van der Waals surface area (Å²) in [6.07, 6.45) is 5.09. The minimum atomic E-state index is -0.389. The lowest BCUT2D eigenvalue weighted by Gasteiger charge is -2.16. The molecule has 2 aromatic rings. The number of nitrogens with zero attached hydrogens (tertiary/aromatic N) is 3. The van der Waals surface area contributed by atoms with Crippen molar-refractivity contribution >= 4 is 40.0 Å². The predicted octanol–water partition coefficient (Wildman–Crippen LogP) is 3.65. The Hall–Kier alpha value is -1.91. The van der Waals surface area contributed by atoms with Gasteiger partial charge in [-0.1, -0.05) is 25.6 Å². The molecule has 2 aliphatic rings. The van der Waals surface area contributed by atoms with Crippen LogP contribution in [0.2, 0.25) is 0 Å². The average molecular weight is 465 g/mol. The van der Waals surface area contributed by atoms with Crippen molar-refractivity contribution in [2.45, 2.75) is 69.7 Å². The number of aromatic nitrogens is 3. The second-order valence-electron chi connectivity index (χ2n) is 8.13. The molecule has 168 valence electrons. The van der Waals surface area contributed by atoms with Gasteiger partial charge in [-0.15, -0.1) is 21.5 Å². The summed E-state index contributed by atoms with van der Waals surface area (Å²) in [6, 6.07) is 0. The molecule has 1 fully saturated rings. The van der Waals surface area contributed by atoms with Gasteiger partial charge in [0.05, 0.1) is 31.1 Å². The minimum absolute atomic E-state index is 0.165. The van der Waals surface area contributed by atoms with Gasteiger partial charge >= 0.3 is 5.97 Å². The van der Waals surface area contributed by atoms with E-state index in [-0.39, 0.29) is 29.7 Å². The molecule has 1 aliphatic carbocycles. The molecule has 1 aliphatic heterocycles. The number of ether oxygens (including phenoxy) is 2. The zero-order valence-electron chi connectivity index (χ0n) is 18.1. The first-order valence-electron chi connectivity index (χ1n) is 10.7. The molecule has 3 heterocycles. The number of thiophene rings is 1. The van der Waals surface area contributed by atoms with Gasteiger partial charge in [-0.05, 0) is 37.7 Å². The van der Waals surface area contributed by atoms with Gasteiger partial charge in [0.15, 0.2) is 5.16 Å². The molecule has 8 nitrogen and oxygen atoms in total. The van der Waals surface area contributed by atoms with Crippen LogP contribution in [0, 0.1) is 0 Å². The molecule has 2 aromatic heterocycles. The summed E-state index contributed by atoms with van der Waals surface area (Å²) < 4.78 is 12.8. The number of thioether (sulfide) groups is 1. The van der Waals surface area contributed by atoms with Gasteiger partial charge in [0, 0.05) is 17.4 Å². The van der Waals surface area contributed by atoms with Gasteiger partial charge in [0.25, 0.3) is 0 Å². The van der Waals surface area contributed by atoms with E-state index >= 15 is 0 Å². The Morgan fingerprint density at radius 1 is 1.32 bits per heavy atom. The molecular formula is C21H28N4O4S2. The first-order valence-corrected chi connectivity index (χ1v) is 12.5. The molecule has 0 spiro atoms. The van der Waals surface area contributed by atoms with Crippen molar-refractivity contribution in [1.29, 1.82) is 0 Å². The molecule has 0 radical (unpaired) electrons. The summed E-state index contributed by atoms with van der Waals surface area (Å²) >= 11 is 2.84. The van der Waals surface area contributed by atoms with Crippen molar-refractivity contribution < 1.29 is 19.1 Å². The minimum Gasteiger partial charge on any atom is -0.465 e. The van der Waals surface area contributed by atoms with Crippen LogP contribution < -0.4 is 5.32 Å². The zero-order chi connectivity index (χ0) is 22.0. The number of carbonyl (C=O) groups is 2. The fourth-order valence-corrected chi connectivity index (χ4v) is 6.15. The summed E-state index contributed by atoms with van der Waals surface area (Å²) in [6.45, 7) is 5.67. The molecular weight excluding hydrogens is 436 g/mol. The van der Waals surface area contributed by atoms with Crippen molar-refractivity contribution in [1.82, 2.24) is 14.8 Å². The Morgan fingerprint density at radius 2 is 2.16 bits per heavy atom. The number of rotatable bonds is 8. The zero-order valence-corrected chi connectivity index (χ0v) is 19.7. The fourth-order valence-electron chi connectivity index (χ4n) is 4.10. The second kappa shape index (κ2) is 9.70. The third-order valence-electron chi connectivity index (χ3n) is 5.57. The van der Waals surface area contributed by atoms with Crippen molar-refractivity contribution in [2.24, 2.45) is 0 Å². The standard InChI is InChI=1S/C21H28N4O4S2/c1-12(2)18-23-24-21(25(18)10-13-6-5-9-29-13)30-11-16(26)22-19-17(20(27)28-3)14-7-4-8-15(14)31-19/h12-13H,4-11H2,1-3H3,(H,22,26). The number of hydrogen-bond donors (Lipinski definition) is 1. The van der Waals surface area contributed by atoms with Crippen LogP contribution in [0.3, 0.4) is 0 Å². The summed E-state index contributed by atoms with van der Waals surface area (Å²) in [5.74, 6) is 0.757. The van der Waals surface area contributed by atoms with Crippen LogP contribution in [0.4, 0.5) is 5.00 Å². The summed E-state index contributed by atoms with van der Waals surface area (Å²) in [7, 11) is 1.37. The van der Waals surface area contributed by atoms with Gasteiger partial charge in [-0.25, -0.2) is 4.79 Å². The van der Waals surface area contributed by atoms with E-state index in [4.69, 9.17) is 9.47 Å². The molecule has 4 rings (SSSR count). The maximum atomic E-state index is 12.7. The molecule has 1 unspecified atom stereocenters. The highest BCUT2D eigenvalue weighted by Crippen LogP contribution is 2.39. The van der Waals surface area contributed by atoms with Crippen LogP contribution in [-0.2, 0) is 33.7 Å². The number of nitrogens with one attached hydrogen (secondary N) is 1. The Morgan fingerprint density at radius 3 is 2.87 bits per heavy atom. The highest BCUT2D eigenvalue weighted by molar-refractivity contribution is 7.99. The second-order valence-corrected chi connectivity index (χ2v) is 10.2. The number of amides is 1. The molecule has 1 saturated heterocycles. The normalized spacial score (nSPS) is 17.9. The van der Waals surface area contributed by atoms with E-state index in [0.29, 0.717) is 17.1 Å². The van der Waals surface area contributed by atoms with E-state index in [2.05, 4.69) is 33.9 Å². The maximum Gasteiger partial charge on any atom is 0.341 e. The number of methoxy groups -OCH3 is 1. The van der Waals surface area contributed by atoms with Crippen molar-refractivity contribution in [3.63, 3.8) is 0 Å². The van der Waals surface area contributed by atoms with E-state index in [1.165, 1.54) is 35.1 Å². The van der Waals surface area contributed by atoms with Crippen molar-refractivity contribution in [3.05, 3.63) is 21.8 Å². The quantitative estimate of drug-likeness (QED) is 0.471. The van der Waals surface area contributed by atoms with E-state index < -0.39 is 0 Å².